The molecule has 3 N–H and O–H groups in total. The molecule has 0 spiro atoms. The summed E-state index contributed by atoms with van der Waals surface area (Å²) in [5.74, 6) is 0.675. The molecule has 0 saturated carbocycles. The zero-order chi connectivity index (χ0) is 16.7. The van der Waals surface area contributed by atoms with E-state index in [1.165, 1.54) is 0 Å². The van der Waals surface area contributed by atoms with E-state index >= 15 is 0 Å². The highest BCUT2D eigenvalue weighted by atomic mass is 16.6. The maximum atomic E-state index is 10.4. The summed E-state index contributed by atoms with van der Waals surface area (Å²) in [6.07, 6.45) is -3.90. The molecule has 130 valence electrons. The van der Waals surface area contributed by atoms with E-state index in [0.717, 1.165) is 11.0 Å². The van der Waals surface area contributed by atoms with Crippen molar-refractivity contribution in [1.29, 1.82) is 0 Å². The summed E-state index contributed by atoms with van der Waals surface area (Å²) in [7, 11) is 0. The van der Waals surface area contributed by atoms with Gasteiger partial charge in [-0.25, -0.2) is 4.98 Å². The maximum absolute atomic E-state index is 10.4. The molecule has 0 amide bonds. The van der Waals surface area contributed by atoms with Crippen LogP contribution < -0.4 is 4.90 Å². The monoisotopic (exact) mass is 335 g/mol. The predicted molar refractivity (Wildman–Crippen MR) is 85.8 cm³/mol. The Balaban J connectivity index is 1.80. The van der Waals surface area contributed by atoms with Crippen molar-refractivity contribution in [2.75, 3.05) is 37.8 Å². The van der Waals surface area contributed by atoms with Crippen molar-refractivity contribution >= 4 is 17.0 Å². The summed E-state index contributed by atoms with van der Waals surface area (Å²) in [4.78, 5) is 6.77. The third-order valence-electron chi connectivity index (χ3n) is 4.64. The van der Waals surface area contributed by atoms with Crippen molar-refractivity contribution < 1.29 is 24.8 Å². The van der Waals surface area contributed by atoms with Crippen LogP contribution >= 0.6 is 0 Å². The molecular formula is C16H21N3O5. The summed E-state index contributed by atoms with van der Waals surface area (Å²) in [6.45, 7) is 2.25. The topological polar surface area (TPSA) is 100 Å². The zero-order valence-corrected chi connectivity index (χ0v) is 13.2. The van der Waals surface area contributed by atoms with E-state index in [2.05, 4.69) is 9.88 Å². The minimum Gasteiger partial charge on any atom is -0.394 e. The van der Waals surface area contributed by atoms with Gasteiger partial charge in [0.2, 0.25) is 5.95 Å². The maximum Gasteiger partial charge on any atom is 0.208 e. The molecule has 2 fully saturated rings. The van der Waals surface area contributed by atoms with Crippen molar-refractivity contribution in [2.45, 2.75) is 24.5 Å². The lowest BCUT2D eigenvalue weighted by molar-refractivity contribution is -0.0504. The first-order valence-electron chi connectivity index (χ1n) is 8.13. The van der Waals surface area contributed by atoms with Crippen LogP contribution in [-0.4, -0.2) is 76.1 Å². The highest BCUT2D eigenvalue weighted by molar-refractivity contribution is 5.79. The van der Waals surface area contributed by atoms with E-state index in [4.69, 9.17) is 9.47 Å². The van der Waals surface area contributed by atoms with Gasteiger partial charge in [0.1, 0.15) is 18.3 Å². The van der Waals surface area contributed by atoms with Crippen LogP contribution in [0.25, 0.3) is 11.0 Å². The highest BCUT2D eigenvalue weighted by Gasteiger charge is 2.45. The van der Waals surface area contributed by atoms with Crippen LogP contribution in [0.1, 0.15) is 6.23 Å². The molecule has 8 nitrogen and oxygen atoms in total. The lowest BCUT2D eigenvalue weighted by atomic mass is 10.1. The lowest BCUT2D eigenvalue weighted by Crippen LogP contribution is -2.39. The summed E-state index contributed by atoms with van der Waals surface area (Å²) in [6, 6.07) is 7.60. The number of imidazole rings is 1. The van der Waals surface area contributed by atoms with Gasteiger partial charge in [0.15, 0.2) is 6.23 Å². The Morgan fingerprint density at radius 3 is 2.58 bits per heavy atom. The second-order valence-electron chi connectivity index (χ2n) is 6.10. The van der Waals surface area contributed by atoms with E-state index in [9.17, 15) is 15.3 Å². The van der Waals surface area contributed by atoms with E-state index in [1.807, 2.05) is 28.8 Å². The fourth-order valence-corrected chi connectivity index (χ4v) is 3.36. The van der Waals surface area contributed by atoms with E-state index in [1.54, 1.807) is 0 Å². The second-order valence-corrected chi connectivity index (χ2v) is 6.10. The van der Waals surface area contributed by atoms with Crippen molar-refractivity contribution in [2.24, 2.45) is 0 Å². The second kappa shape index (κ2) is 6.30. The number of para-hydroxylation sites is 2. The molecule has 2 aliphatic heterocycles. The number of morpholine rings is 1. The fourth-order valence-electron chi connectivity index (χ4n) is 3.36. The number of rotatable bonds is 3. The molecule has 2 aromatic rings. The molecular weight excluding hydrogens is 314 g/mol. The Bertz CT molecular complexity index is 715. The Labute approximate surface area is 138 Å². The molecule has 2 saturated heterocycles. The molecule has 0 aliphatic carbocycles. The lowest BCUT2D eigenvalue weighted by Gasteiger charge is -2.30. The first kappa shape index (κ1) is 15.8. The average Bonchev–Trinajstić information content (AvgIpc) is 3.14. The molecule has 24 heavy (non-hydrogen) atoms. The van der Waals surface area contributed by atoms with Gasteiger partial charge < -0.3 is 29.7 Å². The van der Waals surface area contributed by atoms with Gasteiger partial charge in [-0.05, 0) is 12.1 Å². The molecule has 4 rings (SSSR count). The van der Waals surface area contributed by atoms with Crippen LogP contribution in [0, 0.1) is 0 Å². The van der Waals surface area contributed by atoms with Gasteiger partial charge in [0.05, 0.1) is 30.9 Å². The van der Waals surface area contributed by atoms with Crippen LogP contribution in [-0.2, 0) is 9.47 Å². The van der Waals surface area contributed by atoms with Crippen molar-refractivity contribution in [3.63, 3.8) is 0 Å². The Morgan fingerprint density at radius 1 is 1.12 bits per heavy atom. The van der Waals surface area contributed by atoms with Crippen LogP contribution in [0.2, 0.25) is 0 Å². The number of fused-ring (bicyclic) bond motifs is 1. The normalized spacial score (nSPS) is 31.0. The number of aromatic nitrogens is 2. The minimum absolute atomic E-state index is 0.353. The quantitative estimate of drug-likeness (QED) is 0.694. The minimum atomic E-state index is -1.14. The number of aliphatic hydroxyl groups is 3. The number of anilines is 1. The molecule has 1 aromatic heterocycles. The van der Waals surface area contributed by atoms with E-state index in [-0.39, 0.29) is 6.61 Å². The Morgan fingerprint density at radius 2 is 1.88 bits per heavy atom. The number of aliphatic hydroxyl groups excluding tert-OH is 3. The summed E-state index contributed by atoms with van der Waals surface area (Å²) in [5, 5.41) is 29.9. The fraction of sp³-hybridized carbons (Fsp3) is 0.562. The van der Waals surface area contributed by atoms with E-state index in [0.29, 0.717) is 32.3 Å². The van der Waals surface area contributed by atoms with Crippen LogP contribution in [0.4, 0.5) is 5.95 Å². The van der Waals surface area contributed by atoms with Gasteiger partial charge in [-0.1, -0.05) is 12.1 Å². The summed E-state index contributed by atoms with van der Waals surface area (Å²) >= 11 is 0. The van der Waals surface area contributed by atoms with Crippen molar-refractivity contribution in [3.8, 4) is 0 Å². The SMILES string of the molecule is OC[C@@H]1O[C@H](n2c(N3CCOCC3)nc3ccccc32)[C@H](O)[C@@H]1O. The standard InChI is InChI=1S/C16H21N3O5/c20-9-12-13(21)14(22)15(24-12)19-11-4-2-1-3-10(11)17-16(19)18-5-7-23-8-6-18/h1-4,12-15,20-22H,5-9H2/t12-,13+,14+,15-/m0/s1. The zero-order valence-electron chi connectivity index (χ0n) is 13.2. The molecule has 0 unspecified atom stereocenters. The number of hydrogen-bond acceptors (Lipinski definition) is 7. The smallest absolute Gasteiger partial charge is 0.208 e. The molecule has 3 heterocycles. The number of benzene rings is 1. The van der Waals surface area contributed by atoms with Crippen LogP contribution in [0.15, 0.2) is 24.3 Å². The van der Waals surface area contributed by atoms with Crippen molar-refractivity contribution in [3.05, 3.63) is 24.3 Å². The molecule has 8 heteroatoms. The molecule has 4 atom stereocenters. The Hall–Kier alpha value is -1.71. The highest BCUT2D eigenvalue weighted by Crippen LogP contribution is 2.36. The third-order valence-corrected chi connectivity index (χ3v) is 4.64. The summed E-state index contributed by atoms with van der Waals surface area (Å²) < 4.78 is 12.9. The van der Waals surface area contributed by atoms with Gasteiger partial charge in [-0.3, -0.25) is 4.57 Å². The van der Waals surface area contributed by atoms with Crippen molar-refractivity contribution in [1.82, 2.24) is 9.55 Å². The molecule has 1 aromatic carbocycles. The molecule has 2 aliphatic rings. The number of hydrogen-bond donors (Lipinski definition) is 3. The largest absolute Gasteiger partial charge is 0.394 e. The Kier molecular flexibility index (Phi) is 4.15. The predicted octanol–water partition coefficient (Wildman–Crippen LogP) is -0.516. The van der Waals surface area contributed by atoms with Crippen LogP contribution in [0.5, 0.6) is 0 Å². The van der Waals surface area contributed by atoms with Gasteiger partial charge >= 0.3 is 0 Å². The van der Waals surface area contributed by atoms with Gasteiger partial charge in [-0.2, -0.15) is 0 Å². The molecule has 0 bridgehead atoms. The number of nitrogens with zero attached hydrogens (tertiary/aromatic N) is 3. The summed E-state index contributed by atoms with van der Waals surface area (Å²) in [5.41, 5.74) is 1.60. The van der Waals surface area contributed by atoms with Gasteiger partial charge in [-0.15, -0.1) is 0 Å². The first-order chi connectivity index (χ1) is 11.7. The molecule has 0 radical (unpaired) electrons. The third kappa shape index (κ3) is 2.47. The number of ether oxygens (including phenoxy) is 2. The van der Waals surface area contributed by atoms with Gasteiger partial charge in [0.25, 0.3) is 0 Å². The first-order valence-corrected chi connectivity index (χ1v) is 8.13. The average molecular weight is 335 g/mol. The van der Waals surface area contributed by atoms with E-state index < -0.39 is 24.5 Å². The van der Waals surface area contributed by atoms with Gasteiger partial charge in [0, 0.05) is 13.1 Å². The van der Waals surface area contributed by atoms with Crippen LogP contribution in [0.3, 0.4) is 0 Å².